The molecule has 1 aliphatic heterocycles. The van der Waals surface area contributed by atoms with Crippen LogP contribution in [-0.2, 0) is 4.79 Å². The number of amides is 1. The van der Waals surface area contributed by atoms with Crippen molar-refractivity contribution in [2.24, 2.45) is 11.3 Å². The van der Waals surface area contributed by atoms with Gasteiger partial charge in [-0.1, -0.05) is 20.3 Å². The minimum Gasteiger partial charge on any atom is -0.338 e. The van der Waals surface area contributed by atoms with E-state index in [1.54, 1.807) is 0 Å². The number of carbonyl (C=O) groups excluding carboxylic acids is 1. The van der Waals surface area contributed by atoms with Crippen LogP contribution in [0.4, 0.5) is 0 Å². The zero-order chi connectivity index (χ0) is 10.3. The quantitative estimate of drug-likeness (QED) is 0.660. The smallest absolute Gasteiger partial charge is 0.232 e. The maximum atomic E-state index is 11.7. The standard InChI is InChI=1S/C11H19NOS/c1-11(2)7-12(10(13)6-14)9-5-3-4-8(9)11/h8-9,14H,3-7H2,1-2H3. The predicted octanol–water partition coefficient (Wildman–Crippen LogP) is 1.95. The average Bonchev–Trinajstić information content (AvgIpc) is 2.68. The van der Waals surface area contributed by atoms with E-state index in [0.29, 0.717) is 17.2 Å². The van der Waals surface area contributed by atoms with E-state index in [2.05, 4.69) is 31.4 Å². The van der Waals surface area contributed by atoms with Gasteiger partial charge in [-0.25, -0.2) is 0 Å². The van der Waals surface area contributed by atoms with E-state index in [4.69, 9.17) is 0 Å². The molecule has 2 nitrogen and oxygen atoms in total. The first-order chi connectivity index (χ1) is 6.56. The number of likely N-dealkylation sites (tertiary alicyclic amines) is 1. The average molecular weight is 213 g/mol. The molecule has 1 saturated carbocycles. The monoisotopic (exact) mass is 213 g/mol. The minimum absolute atomic E-state index is 0.218. The topological polar surface area (TPSA) is 20.3 Å². The van der Waals surface area contributed by atoms with Crippen molar-refractivity contribution < 1.29 is 4.79 Å². The highest BCUT2D eigenvalue weighted by Crippen LogP contribution is 2.48. The molecule has 14 heavy (non-hydrogen) atoms. The highest BCUT2D eigenvalue weighted by Gasteiger charge is 2.49. The van der Waals surface area contributed by atoms with Gasteiger partial charge in [-0.15, -0.1) is 0 Å². The zero-order valence-corrected chi connectivity index (χ0v) is 9.89. The fourth-order valence-electron chi connectivity index (χ4n) is 3.26. The zero-order valence-electron chi connectivity index (χ0n) is 8.99. The third kappa shape index (κ3) is 1.46. The second-order valence-corrected chi connectivity index (χ2v) is 5.59. The van der Waals surface area contributed by atoms with Gasteiger partial charge in [0, 0.05) is 12.6 Å². The van der Waals surface area contributed by atoms with Crippen LogP contribution in [0.3, 0.4) is 0 Å². The highest BCUT2D eigenvalue weighted by atomic mass is 32.1. The Balaban J connectivity index is 2.18. The summed E-state index contributed by atoms with van der Waals surface area (Å²) in [7, 11) is 0. The molecule has 2 rings (SSSR count). The summed E-state index contributed by atoms with van der Waals surface area (Å²) in [6.07, 6.45) is 3.79. The van der Waals surface area contributed by atoms with Gasteiger partial charge < -0.3 is 4.90 Å². The Morgan fingerprint density at radius 2 is 2.21 bits per heavy atom. The number of rotatable bonds is 1. The van der Waals surface area contributed by atoms with Gasteiger partial charge in [0.1, 0.15) is 0 Å². The maximum absolute atomic E-state index is 11.7. The predicted molar refractivity (Wildman–Crippen MR) is 60.5 cm³/mol. The van der Waals surface area contributed by atoms with E-state index in [1.165, 1.54) is 19.3 Å². The van der Waals surface area contributed by atoms with Crippen LogP contribution in [-0.4, -0.2) is 29.1 Å². The van der Waals surface area contributed by atoms with Crippen LogP contribution in [0.5, 0.6) is 0 Å². The van der Waals surface area contributed by atoms with Crippen LogP contribution < -0.4 is 0 Å². The fraction of sp³-hybridized carbons (Fsp3) is 0.909. The number of fused-ring (bicyclic) bond motifs is 1. The third-order valence-electron chi connectivity index (χ3n) is 3.92. The summed E-state index contributed by atoms with van der Waals surface area (Å²) in [6, 6.07) is 0.518. The van der Waals surface area contributed by atoms with Gasteiger partial charge in [-0.3, -0.25) is 4.79 Å². The lowest BCUT2D eigenvalue weighted by atomic mass is 9.80. The molecule has 3 heteroatoms. The second kappa shape index (κ2) is 3.44. The molecule has 0 aromatic rings. The molecular weight excluding hydrogens is 194 g/mol. The molecule has 2 unspecified atom stereocenters. The number of nitrogens with zero attached hydrogens (tertiary/aromatic N) is 1. The second-order valence-electron chi connectivity index (χ2n) is 5.27. The fourth-order valence-corrected chi connectivity index (χ4v) is 3.44. The van der Waals surface area contributed by atoms with Crippen molar-refractivity contribution in [3.63, 3.8) is 0 Å². The molecule has 2 aliphatic rings. The molecule has 80 valence electrons. The van der Waals surface area contributed by atoms with E-state index in [-0.39, 0.29) is 5.91 Å². The molecule has 0 aromatic heterocycles. The normalized spacial score (nSPS) is 34.6. The molecule has 0 radical (unpaired) electrons. The lowest BCUT2D eigenvalue weighted by molar-refractivity contribution is -0.129. The number of hydrogen-bond acceptors (Lipinski definition) is 2. The summed E-state index contributed by atoms with van der Waals surface area (Å²) in [5, 5.41) is 0. The summed E-state index contributed by atoms with van der Waals surface area (Å²) in [4.78, 5) is 13.8. The van der Waals surface area contributed by atoms with E-state index in [0.717, 1.165) is 12.5 Å². The number of hydrogen-bond donors (Lipinski definition) is 1. The van der Waals surface area contributed by atoms with E-state index < -0.39 is 0 Å². The first kappa shape index (κ1) is 10.3. The van der Waals surface area contributed by atoms with Gasteiger partial charge in [-0.05, 0) is 24.2 Å². The van der Waals surface area contributed by atoms with Gasteiger partial charge >= 0.3 is 0 Å². The van der Waals surface area contributed by atoms with E-state index >= 15 is 0 Å². The van der Waals surface area contributed by atoms with Crippen LogP contribution >= 0.6 is 12.6 Å². The molecule has 2 atom stereocenters. The number of carbonyl (C=O) groups is 1. The Kier molecular flexibility index (Phi) is 2.54. The van der Waals surface area contributed by atoms with Crippen molar-refractivity contribution in [1.82, 2.24) is 4.90 Å². The summed E-state index contributed by atoms with van der Waals surface area (Å²) < 4.78 is 0. The highest BCUT2D eigenvalue weighted by molar-refractivity contribution is 7.81. The molecule has 0 bridgehead atoms. The molecule has 0 aromatic carbocycles. The van der Waals surface area contributed by atoms with E-state index in [1.807, 2.05) is 0 Å². The van der Waals surface area contributed by atoms with Crippen LogP contribution in [0.15, 0.2) is 0 Å². The van der Waals surface area contributed by atoms with Gasteiger partial charge in [0.15, 0.2) is 0 Å². The van der Waals surface area contributed by atoms with Crippen LogP contribution in [0, 0.1) is 11.3 Å². The Bertz CT molecular complexity index is 252. The van der Waals surface area contributed by atoms with Crippen molar-refractivity contribution in [1.29, 1.82) is 0 Å². The van der Waals surface area contributed by atoms with Gasteiger partial charge in [0.2, 0.25) is 5.91 Å². The van der Waals surface area contributed by atoms with Gasteiger partial charge in [0.25, 0.3) is 0 Å². The Morgan fingerprint density at radius 1 is 1.50 bits per heavy atom. The van der Waals surface area contributed by atoms with Gasteiger partial charge in [-0.2, -0.15) is 12.6 Å². The van der Waals surface area contributed by atoms with Crippen LogP contribution in [0.25, 0.3) is 0 Å². The largest absolute Gasteiger partial charge is 0.338 e. The van der Waals surface area contributed by atoms with Crippen molar-refractivity contribution >= 4 is 18.5 Å². The Hall–Kier alpha value is -0.180. The van der Waals surface area contributed by atoms with Crippen molar-refractivity contribution in [2.45, 2.75) is 39.2 Å². The molecule has 0 N–H and O–H groups in total. The molecule has 2 fully saturated rings. The van der Waals surface area contributed by atoms with Crippen LogP contribution in [0.1, 0.15) is 33.1 Å². The third-order valence-corrected chi connectivity index (χ3v) is 4.19. The van der Waals surface area contributed by atoms with Crippen molar-refractivity contribution in [3.8, 4) is 0 Å². The maximum Gasteiger partial charge on any atom is 0.232 e. The molecule has 1 amide bonds. The summed E-state index contributed by atoms with van der Waals surface area (Å²) >= 11 is 4.09. The summed E-state index contributed by atoms with van der Waals surface area (Å²) in [6.45, 7) is 5.52. The first-order valence-corrected chi connectivity index (χ1v) is 6.10. The van der Waals surface area contributed by atoms with Crippen molar-refractivity contribution in [3.05, 3.63) is 0 Å². The molecule has 1 aliphatic carbocycles. The van der Waals surface area contributed by atoms with E-state index in [9.17, 15) is 4.79 Å². The summed E-state index contributed by atoms with van der Waals surface area (Å²) in [5.41, 5.74) is 0.319. The first-order valence-electron chi connectivity index (χ1n) is 5.46. The molecular formula is C11H19NOS. The Morgan fingerprint density at radius 3 is 2.86 bits per heavy atom. The lowest BCUT2D eigenvalue weighted by Crippen LogP contribution is -2.36. The van der Waals surface area contributed by atoms with Crippen molar-refractivity contribution in [2.75, 3.05) is 12.3 Å². The molecule has 0 spiro atoms. The van der Waals surface area contributed by atoms with Gasteiger partial charge in [0.05, 0.1) is 5.75 Å². The SMILES string of the molecule is CC1(C)CN(C(=O)CS)C2CCCC21. The lowest BCUT2D eigenvalue weighted by Gasteiger charge is -2.23. The number of thiol groups is 1. The minimum atomic E-state index is 0.218. The summed E-state index contributed by atoms with van der Waals surface area (Å²) in [5.74, 6) is 1.31. The molecule has 1 saturated heterocycles. The Labute approximate surface area is 91.5 Å². The van der Waals surface area contributed by atoms with Crippen LogP contribution in [0.2, 0.25) is 0 Å². The molecule has 1 heterocycles.